The summed E-state index contributed by atoms with van der Waals surface area (Å²) >= 11 is 0. The first-order valence-corrected chi connectivity index (χ1v) is 11.3. The van der Waals surface area contributed by atoms with E-state index in [1.54, 1.807) is 50.3 Å². The van der Waals surface area contributed by atoms with Crippen molar-refractivity contribution in [3.05, 3.63) is 47.3 Å². The minimum absolute atomic E-state index is 0.0225. The predicted octanol–water partition coefficient (Wildman–Crippen LogP) is 1.76. The Balaban J connectivity index is 1.67. The maximum atomic E-state index is 12.7. The molecule has 5 N–H and O–H groups in total. The van der Waals surface area contributed by atoms with E-state index < -0.39 is 23.9 Å². The number of nitrogens with one attached hydrogen (secondary N) is 1. The van der Waals surface area contributed by atoms with Crippen molar-refractivity contribution in [3.63, 3.8) is 0 Å². The fourth-order valence-electron chi connectivity index (χ4n) is 3.20. The summed E-state index contributed by atoms with van der Waals surface area (Å²) < 4.78 is 9.90. The van der Waals surface area contributed by atoms with Crippen LogP contribution in [-0.2, 0) is 19.1 Å². The van der Waals surface area contributed by atoms with Crippen LogP contribution in [0.5, 0.6) is 0 Å². The SMILES string of the molecule is CCOC(=O)CC[C@H](NC(=O)c1ccc(C=Cc2cnc3nc(N)nc(N)c3n2)cc1)C(=O)OCC. The van der Waals surface area contributed by atoms with E-state index in [2.05, 4.69) is 25.3 Å². The van der Waals surface area contributed by atoms with Gasteiger partial charge in [-0.25, -0.2) is 14.8 Å². The highest BCUT2D eigenvalue weighted by atomic mass is 16.5. The van der Waals surface area contributed by atoms with E-state index in [1.807, 2.05) is 0 Å². The van der Waals surface area contributed by atoms with Crippen molar-refractivity contribution in [1.82, 2.24) is 25.3 Å². The van der Waals surface area contributed by atoms with Gasteiger partial charge in [0.1, 0.15) is 6.04 Å². The molecule has 188 valence electrons. The van der Waals surface area contributed by atoms with Gasteiger partial charge in [-0.3, -0.25) is 9.59 Å². The highest BCUT2D eigenvalue weighted by molar-refractivity contribution is 5.97. The molecular weight excluding hydrogens is 466 g/mol. The predicted molar refractivity (Wildman–Crippen MR) is 133 cm³/mol. The van der Waals surface area contributed by atoms with Crippen LogP contribution >= 0.6 is 0 Å². The Morgan fingerprint density at radius 1 is 1.00 bits per heavy atom. The van der Waals surface area contributed by atoms with Crippen LogP contribution in [-0.4, -0.2) is 57.0 Å². The van der Waals surface area contributed by atoms with Crippen LogP contribution in [0.25, 0.3) is 23.3 Å². The topological polar surface area (TPSA) is 185 Å². The first-order chi connectivity index (χ1) is 17.3. The molecule has 0 spiro atoms. The number of amides is 1. The molecule has 0 aliphatic rings. The van der Waals surface area contributed by atoms with Crippen LogP contribution in [0.3, 0.4) is 0 Å². The number of nitrogens with two attached hydrogens (primary N) is 2. The Bertz CT molecular complexity index is 1280. The Morgan fingerprint density at radius 2 is 1.72 bits per heavy atom. The summed E-state index contributed by atoms with van der Waals surface area (Å²) in [5.41, 5.74) is 13.7. The number of fused-ring (bicyclic) bond motifs is 1. The molecule has 0 aliphatic heterocycles. The van der Waals surface area contributed by atoms with Gasteiger partial charge >= 0.3 is 11.9 Å². The van der Waals surface area contributed by atoms with Crippen molar-refractivity contribution in [3.8, 4) is 0 Å². The van der Waals surface area contributed by atoms with Crippen LogP contribution in [0.15, 0.2) is 30.5 Å². The highest BCUT2D eigenvalue weighted by Crippen LogP contribution is 2.16. The van der Waals surface area contributed by atoms with Crippen molar-refractivity contribution in [2.75, 3.05) is 24.7 Å². The van der Waals surface area contributed by atoms with Gasteiger partial charge in [0.25, 0.3) is 5.91 Å². The summed E-state index contributed by atoms with van der Waals surface area (Å²) in [5.74, 6) is -1.37. The van der Waals surface area contributed by atoms with Crippen LogP contribution in [0.4, 0.5) is 11.8 Å². The fourth-order valence-corrected chi connectivity index (χ4v) is 3.20. The lowest BCUT2D eigenvalue weighted by molar-refractivity contribution is -0.146. The van der Waals surface area contributed by atoms with E-state index in [0.717, 1.165) is 5.56 Å². The second kappa shape index (κ2) is 12.2. The maximum absolute atomic E-state index is 12.7. The molecule has 0 radical (unpaired) electrons. The van der Waals surface area contributed by atoms with Gasteiger partial charge < -0.3 is 26.3 Å². The Kier molecular flexibility index (Phi) is 8.81. The Morgan fingerprint density at radius 3 is 2.42 bits per heavy atom. The van der Waals surface area contributed by atoms with Crippen molar-refractivity contribution >= 4 is 52.9 Å². The quantitative estimate of drug-likeness (QED) is 0.349. The molecule has 12 nitrogen and oxygen atoms in total. The van der Waals surface area contributed by atoms with Crippen LogP contribution in [0, 0.1) is 0 Å². The number of carbonyl (C=O) groups is 3. The third kappa shape index (κ3) is 6.95. The van der Waals surface area contributed by atoms with Gasteiger partial charge in [-0.15, -0.1) is 0 Å². The lowest BCUT2D eigenvalue weighted by atomic mass is 10.1. The lowest BCUT2D eigenvalue weighted by Gasteiger charge is -2.17. The summed E-state index contributed by atoms with van der Waals surface area (Å²) in [6, 6.07) is 5.72. The number of aromatic nitrogens is 4. The number of nitrogen functional groups attached to an aromatic ring is 2. The third-order valence-corrected chi connectivity index (χ3v) is 4.91. The molecule has 2 aromatic heterocycles. The minimum atomic E-state index is -0.973. The fraction of sp³-hybridized carbons (Fsp3) is 0.292. The largest absolute Gasteiger partial charge is 0.466 e. The van der Waals surface area contributed by atoms with E-state index >= 15 is 0 Å². The van der Waals surface area contributed by atoms with Crippen LogP contribution in [0.2, 0.25) is 0 Å². The second-order valence-corrected chi connectivity index (χ2v) is 7.51. The molecule has 0 fully saturated rings. The number of carbonyl (C=O) groups excluding carboxylic acids is 3. The van der Waals surface area contributed by atoms with Gasteiger partial charge in [0.05, 0.1) is 25.1 Å². The van der Waals surface area contributed by atoms with Gasteiger partial charge in [0.15, 0.2) is 17.0 Å². The summed E-state index contributed by atoms with van der Waals surface area (Å²) in [7, 11) is 0. The van der Waals surface area contributed by atoms with E-state index in [1.165, 1.54) is 6.20 Å². The number of ether oxygens (including phenoxy) is 2. The summed E-state index contributed by atoms with van der Waals surface area (Å²) in [6.07, 6.45) is 5.08. The second-order valence-electron chi connectivity index (χ2n) is 7.51. The molecule has 36 heavy (non-hydrogen) atoms. The molecule has 3 rings (SSSR count). The molecule has 0 aliphatic carbocycles. The molecule has 2 heterocycles. The molecule has 0 unspecified atom stereocenters. The van der Waals surface area contributed by atoms with Crippen molar-refractivity contribution in [2.45, 2.75) is 32.7 Å². The van der Waals surface area contributed by atoms with Gasteiger partial charge in [-0.1, -0.05) is 18.2 Å². The molecule has 3 aromatic rings. The molecule has 1 atom stereocenters. The molecule has 1 amide bonds. The average molecular weight is 494 g/mol. The molecule has 12 heteroatoms. The molecular formula is C24H27N7O5. The minimum Gasteiger partial charge on any atom is -0.466 e. The number of benzene rings is 1. The Labute approximate surface area is 207 Å². The summed E-state index contributed by atoms with van der Waals surface area (Å²) in [6.45, 7) is 3.75. The summed E-state index contributed by atoms with van der Waals surface area (Å²) in [4.78, 5) is 53.1. The van der Waals surface area contributed by atoms with Gasteiger partial charge in [0, 0.05) is 12.0 Å². The normalized spacial score (nSPS) is 11.8. The monoisotopic (exact) mass is 493 g/mol. The van der Waals surface area contributed by atoms with Gasteiger partial charge in [-0.2, -0.15) is 9.97 Å². The van der Waals surface area contributed by atoms with E-state index in [-0.39, 0.29) is 37.8 Å². The number of nitrogens with zero attached hydrogens (tertiary/aromatic N) is 4. The zero-order valence-corrected chi connectivity index (χ0v) is 19.9. The number of hydrogen-bond donors (Lipinski definition) is 3. The maximum Gasteiger partial charge on any atom is 0.328 e. The smallest absolute Gasteiger partial charge is 0.328 e. The van der Waals surface area contributed by atoms with E-state index in [4.69, 9.17) is 20.9 Å². The number of esters is 2. The molecule has 0 saturated carbocycles. The lowest BCUT2D eigenvalue weighted by Crippen LogP contribution is -2.42. The van der Waals surface area contributed by atoms with E-state index in [9.17, 15) is 14.4 Å². The van der Waals surface area contributed by atoms with Crippen LogP contribution in [0.1, 0.15) is 48.3 Å². The van der Waals surface area contributed by atoms with Crippen LogP contribution < -0.4 is 16.8 Å². The molecule has 0 saturated heterocycles. The van der Waals surface area contributed by atoms with Crippen molar-refractivity contribution < 1.29 is 23.9 Å². The zero-order chi connectivity index (χ0) is 26.1. The van der Waals surface area contributed by atoms with Crippen molar-refractivity contribution in [2.24, 2.45) is 0 Å². The third-order valence-electron chi connectivity index (χ3n) is 4.91. The number of hydrogen-bond acceptors (Lipinski definition) is 11. The van der Waals surface area contributed by atoms with Gasteiger partial charge in [0.2, 0.25) is 5.95 Å². The number of anilines is 2. The first-order valence-electron chi connectivity index (χ1n) is 11.3. The average Bonchev–Trinajstić information content (AvgIpc) is 2.85. The zero-order valence-electron chi connectivity index (χ0n) is 19.9. The van der Waals surface area contributed by atoms with Gasteiger partial charge in [-0.05, 0) is 44.0 Å². The molecule has 0 bridgehead atoms. The highest BCUT2D eigenvalue weighted by Gasteiger charge is 2.24. The number of rotatable bonds is 10. The Hall–Kier alpha value is -4.61. The summed E-state index contributed by atoms with van der Waals surface area (Å²) in [5, 5.41) is 2.63. The van der Waals surface area contributed by atoms with E-state index in [0.29, 0.717) is 22.4 Å². The standard InChI is InChI=1S/C24H27N7O5/c1-3-35-18(32)12-11-17(23(34)36-4-2)29-22(33)15-8-5-14(6-9-15)7-10-16-13-27-21-19(28-16)20(25)30-24(26)31-21/h5-10,13,17H,3-4,11-12H2,1-2H3,(H,29,33)(H4,25,26,27,30,31)/t17-/m0/s1. The molecule has 1 aromatic carbocycles. The van der Waals surface area contributed by atoms with Crippen molar-refractivity contribution in [1.29, 1.82) is 0 Å². The first kappa shape index (κ1) is 26.0.